The molecule has 0 amide bonds. The molecule has 1 aliphatic carbocycles. The first-order chi connectivity index (χ1) is 14.9. The molecule has 0 radical (unpaired) electrons. The topological polar surface area (TPSA) is 32.6 Å². The number of phenols is 1. The Balaban J connectivity index is 1.75. The van der Waals surface area contributed by atoms with Gasteiger partial charge >= 0.3 is 0 Å². The molecule has 3 aromatic carbocycles. The molecule has 1 aliphatic rings. The van der Waals surface area contributed by atoms with E-state index in [2.05, 4.69) is 76.2 Å². The minimum Gasteiger partial charge on any atom is -0.507 e. The van der Waals surface area contributed by atoms with Gasteiger partial charge in [0.25, 0.3) is 0 Å². The first kappa shape index (κ1) is 21.4. The van der Waals surface area contributed by atoms with Crippen molar-refractivity contribution in [2.75, 3.05) is 0 Å². The van der Waals surface area contributed by atoms with Crippen molar-refractivity contribution in [1.29, 1.82) is 0 Å². The van der Waals surface area contributed by atoms with Gasteiger partial charge < -0.3 is 5.11 Å². The molecule has 2 nitrogen and oxygen atoms in total. The van der Waals surface area contributed by atoms with Gasteiger partial charge in [-0.3, -0.25) is 4.99 Å². The molecule has 0 aliphatic heterocycles. The average molecular weight is 412 g/mol. The van der Waals surface area contributed by atoms with Gasteiger partial charge in [-0.1, -0.05) is 81.3 Å². The number of phenolic OH excluding ortho intramolecular Hbond substituents is 1. The zero-order valence-corrected chi connectivity index (χ0v) is 19.2. The molecule has 3 aromatic rings. The minimum absolute atomic E-state index is 0.308. The summed E-state index contributed by atoms with van der Waals surface area (Å²) >= 11 is 0. The predicted octanol–water partition coefficient (Wildman–Crippen LogP) is 7.74. The van der Waals surface area contributed by atoms with Crippen molar-refractivity contribution >= 4 is 11.9 Å². The second-order valence-corrected chi connectivity index (χ2v) is 9.49. The Labute approximate surface area is 186 Å². The van der Waals surface area contributed by atoms with Gasteiger partial charge in [0.15, 0.2) is 0 Å². The minimum atomic E-state index is -0.308. The molecule has 0 spiro atoms. The number of benzene rings is 3. The first-order valence-electron chi connectivity index (χ1n) is 11.4. The number of aliphatic imine (C=N–C) groups is 1. The molecule has 160 valence electrons. The van der Waals surface area contributed by atoms with E-state index in [0.29, 0.717) is 11.7 Å². The van der Waals surface area contributed by atoms with E-state index in [9.17, 15) is 5.11 Å². The van der Waals surface area contributed by atoms with Crippen LogP contribution in [0.4, 0.5) is 5.69 Å². The van der Waals surface area contributed by atoms with Crippen molar-refractivity contribution in [3.05, 3.63) is 94.0 Å². The van der Waals surface area contributed by atoms with Crippen LogP contribution in [-0.2, 0) is 5.41 Å². The SMILES string of the molecule is Cc1cc(C=Nc2c(C)cccc2C2CCCC2)c(O)c(C(C)(C)c2ccccc2)c1. The third-order valence-corrected chi connectivity index (χ3v) is 6.85. The van der Waals surface area contributed by atoms with Gasteiger partial charge in [-0.15, -0.1) is 0 Å². The van der Waals surface area contributed by atoms with E-state index in [1.54, 1.807) is 0 Å². The quantitative estimate of drug-likeness (QED) is 0.428. The standard InChI is InChI=1S/C29H33NO/c1-20-17-23(28(31)26(18-20)29(3,4)24-14-6-5-7-15-24)19-30-27-21(2)11-10-16-25(27)22-12-8-9-13-22/h5-7,10-11,14-19,22,31H,8-9,12-13H2,1-4H3. The fraction of sp³-hybridized carbons (Fsp3) is 0.345. The monoisotopic (exact) mass is 411 g/mol. The summed E-state index contributed by atoms with van der Waals surface area (Å²) in [6.07, 6.45) is 6.96. The van der Waals surface area contributed by atoms with Crippen LogP contribution in [0.3, 0.4) is 0 Å². The molecule has 1 saturated carbocycles. The predicted molar refractivity (Wildman–Crippen MR) is 131 cm³/mol. The van der Waals surface area contributed by atoms with Crippen molar-refractivity contribution in [2.45, 2.75) is 64.7 Å². The maximum atomic E-state index is 11.2. The maximum Gasteiger partial charge on any atom is 0.128 e. The molecular weight excluding hydrogens is 378 g/mol. The summed E-state index contributed by atoms with van der Waals surface area (Å²) in [5, 5.41) is 11.2. The first-order valence-corrected chi connectivity index (χ1v) is 11.4. The second-order valence-electron chi connectivity index (χ2n) is 9.49. The summed E-state index contributed by atoms with van der Waals surface area (Å²) in [6.45, 7) is 8.54. The fourth-order valence-electron chi connectivity index (χ4n) is 4.95. The normalized spacial score (nSPS) is 15.1. The van der Waals surface area contributed by atoms with Gasteiger partial charge in [0.1, 0.15) is 5.75 Å². The number of hydrogen-bond acceptors (Lipinski definition) is 2. The molecule has 31 heavy (non-hydrogen) atoms. The van der Waals surface area contributed by atoms with Gasteiger partial charge in [0.05, 0.1) is 5.69 Å². The van der Waals surface area contributed by atoms with Crippen LogP contribution in [0.5, 0.6) is 5.75 Å². The number of para-hydroxylation sites is 1. The molecule has 0 unspecified atom stereocenters. The van der Waals surface area contributed by atoms with Gasteiger partial charge in [-0.2, -0.15) is 0 Å². The van der Waals surface area contributed by atoms with Crippen LogP contribution in [0.15, 0.2) is 65.7 Å². The lowest BCUT2D eigenvalue weighted by molar-refractivity contribution is 0.452. The lowest BCUT2D eigenvalue weighted by Crippen LogP contribution is -2.19. The molecule has 0 bridgehead atoms. The Morgan fingerprint density at radius 2 is 1.65 bits per heavy atom. The van der Waals surface area contributed by atoms with E-state index in [4.69, 9.17) is 4.99 Å². The van der Waals surface area contributed by atoms with Crippen molar-refractivity contribution in [1.82, 2.24) is 0 Å². The number of hydrogen-bond donors (Lipinski definition) is 1. The van der Waals surface area contributed by atoms with Gasteiger partial charge in [0.2, 0.25) is 0 Å². The van der Waals surface area contributed by atoms with E-state index in [-0.39, 0.29) is 5.41 Å². The van der Waals surface area contributed by atoms with Gasteiger partial charge in [0, 0.05) is 22.8 Å². The largest absolute Gasteiger partial charge is 0.507 e. The molecule has 0 atom stereocenters. The third kappa shape index (κ3) is 4.30. The highest BCUT2D eigenvalue weighted by atomic mass is 16.3. The van der Waals surface area contributed by atoms with Crippen LogP contribution in [0.25, 0.3) is 0 Å². The Hall–Kier alpha value is -2.87. The van der Waals surface area contributed by atoms with Crippen LogP contribution >= 0.6 is 0 Å². The highest BCUT2D eigenvalue weighted by Gasteiger charge is 2.27. The number of aromatic hydroxyl groups is 1. The van der Waals surface area contributed by atoms with Crippen LogP contribution < -0.4 is 0 Å². The smallest absolute Gasteiger partial charge is 0.128 e. The molecule has 1 N–H and O–H groups in total. The zero-order chi connectivity index (χ0) is 22.0. The summed E-state index contributed by atoms with van der Waals surface area (Å²) < 4.78 is 0. The average Bonchev–Trinajstić information content (AvgIpc) is 3.30. The molecule has 0 aromatic heterocycles. The number of aryl methyl sites for hydroxylation is 2. The molecule has 0 saturated heterocycles. The second kappa shape index (κ2) is 8.70. The van der Waals surface area contributed by atoms with Gasteiger partial charge in [-0.05, 0) is 60.9 Å². The summed E-state index contributed by atoms with van der Waals surface area (Å²) in [7, 11) is 0. The molecule has 2 heteroatoms. The zero-order valence-electron chi connectivity index (χ0n) is 19.2. The Morgan fingerprint density at radius 1 is 0.935 bits per heavy atom. The fourth-order valence-corrected chi connectivity index (χ4v) is 4.95. The lowest BCUT2D eigenvalue weighted by atomic mass is 9.76. The van der Waals surface area contributed by atoms with E-state index >= 15 is 0 Å². The van der Waals surface area contributed by atoms with E-state index < -0.39 is 0 Å². The van der Waals surface area contributed by atoms with Crippen LogP contribution in [0, 0.1) is 13.8 Å². The van der Waals surface area contributed by atoms with Crippen LogP contribution in [0.1, 0.15) is 78.8 Å². The van der Waals surface area contributed by atoms with Crippen LogP contribution in [-0.4, -0.2) is 11.3 Å². The third-order valence-electron chi connectivity index (χ3n) is 6.85. The van der Waals surface area contributed by atoms with E-state index in [1.165, 1.54) is 42.4 Å². The highest BCUT2D eigenvalue weighted by molar-refractivity contribution is 5.87. The number of nitrogens with zero attached hydrogens (tertiary/aromatic N) is 1. The maximum absolute atomic E-state index is 11.2. The molecular formula is C29H33NO. The summed E-state index contributed by atoms with van der Waals surface area (Å²) in [5.74, 6) is 0.921. The van der Waals surface area contributed by atoms with Crippen molar-refractivity contribution in [3.63, 3.8) is 0 Å². The summed E-state index contributed by atoms with van der Waals surface area (Å²) in [6, 6.07) is 21.0. The summed E-state index contributed by atoms with van der Waals surface area (Å²) in [5.41, 5.74) is 7.32. The lowest BCUT2D eigenvalue weighted by Gasteiger charge is -2.28. The molecule has 1 fully saturated rings. The Kier molecular flexibility index (Phi) is 6.00. The summed E-state index contributed by atoms with van der Waals surface area (Å²) in [4.78, 5) is 4.93. The van der Waals surface area contributed by atoms with Gasteiger partial charge in [-0.25, -0.2) is 0 Å². The van der Waals surface area contributed by atoms with E-state index in [0.717, 1.165) is 22.4 Å². The van der Waals surface area contributed by atoms with Crippen LogP contribution in [0.2, 0.25) is 0 Å². The van der Waals surface area contributed by atoms with E-state index in [1.807, 2.05) is 18.3 Å². The number of rotatable bonds is 5. The highest BCUT2D eigenvalue weighted by Crippen LogP contribution is 2.41. The molecule has 0 heterocycles. The van der Waals surface area contributed by atoms with Crippen molar-refractivity contribution in [2.24, 2.45) is 4.99 Å². The van der Waals surface area contributed by atoms with Crippen molar-refractivity contribution in [3.8, 4) is 5.75 Å². The Morgan fingerprint density at radius 3 is 2.35 bits per heavy atom. The van der Waals surface area contributed by atoms with Crippen molar-refractivity contribution < 1.29 is 5.11 Å². The molecule has 4 rings (SSSR count). The Bertz CT molecular complexity index is 1090.